The summed E-state index contributed by atoms with van der Waals surface area (Å²) < 4.78 is 20.2. The van der Waals surface area contributed by atoms with Crippen LogP contribution >= 0.6 is 0 Å². The van der Waals surface area contributed by atoms with Crippen molar-refractivity contribution in [3.8, 4) is 0 Å². The van der Waals surface area contributed by atoms with E-state index in [1.807, 2.05) is 20.9 Å². The minimum Gasteiger partial charge on any atom is -0.314 e. The molecule has 0 aromatic rings. The molecule has 2 atom stereocenters. The summed E-state index contributed by atoms with van der Waals surface area (Å²) >= 11 is -2.01. The van der Waals surface area contributed by atoms with E-state index in [-0.39, 0.29) is 11.0 Å². The third kappa shape index (κ3) is 3.52. The first kappa shape index (κ1) is 15.0. The van der Waals surface area contributed by atoms with Crippen LogP contribution in [0.5, 0.6) is 0 Å². The molecular formula is C10H24N2O2S. The SMILES string of the molecule is CNC(C)(C)C(C)(C)CC(C)(N)S(=O)O. The fraction of sp³-hybridized carbons (Fsp3) is 1.00. The van der Waals surface area contributed by atoms with E-state index in [1.54, 1.807) is 6.92 Å². The van der Waals surface area contributed by atoms with E-state index < -0.39 is 16.0 Å². The van der Waals surface area contributed by atoms with Gasteiger partial charge < -0.3 is 15.6 Å². The Balaban J connectivity index is 4.86. The molecule has 5 heteroatoms. The average molecular weight is 236 g/mol. The van der Waals surface area contributed by atoms with E-state index in [1.165, 1.54) is 0 Å². The highest BCUT2D eigenvalue weighted by atomic mass is 32.2. The standard InChI is InChI=1S/C10H24N2O2S/c1-8(2,9(3,4)12-6)7-10(5,11)15(13)14/h12H,7,11H2,1-6H3,(H,13,14). The zero-order chi connectivity index (χ0) is 12.5. The lowest BCUT2D eigenvalue weighted by Gasteiger charge is -2.44. The van der Waals surface area contributed by atoms with Crippen LogP contribution in [0.3, 0.4) is 0 Å². The van der Waals surface area contributed by atoms with Crippen LogP contribution in [0.25, 0.3) is 0 Å². The van der Waals surface area contributed by atoms with Crippen molar-refractivity contribution in [1.29, 1.82) is 0 Å². The van der Waals surface area contributed by atoms with Gasteiger partial charge in [0.05, 0.1) is 0 Å². The van der Waals surface area contributed by atoms with E-state index in [4.69, 9.17) is 10.3 Å². The van der Waals surface area contributed by atoms with Crippen LogP contribution in [0.15, 0.2) is 0 Å². The van der Waals surface area contributed by atoms with Crippen molar-refractivity contribution in [1.82, 2.24) is 5.32 Å². The van der Waals surface area contributed by atoms with Crippen molar-refractivity contribution in [3.63, 3.8) is 0 Å². The number of rotatable bonds is 5. The van der Waals surface area contributed by atoms with Gasteiger partial charge in [0.2, 0.25) is 0 Å². The molecule has 0 aromatic carbocycles. The van der Waals surface area contributed by atoms with Crippen LogP contribution in [-0.4, -0.2) is 26.2 Å². The summed E-state index contributed by atoms with van der Waals surface area (Å²) in [4.78, 5) is -1.07. The summed E-state index contributed by atoms with van der Waals surface area (Å²) in [6.07, 6.45) is 0.469. The first-order valence-electron chi connectivity index (χ1n) is 5.05. The molecular weight excluding hydrogens is 212 g/mol. The average Bonchev–Trinajstić information content (AvgIpc) is 2.01. The maximum atomic E-state index is 11.1. The Labute approximate surface area is 95.3 Å². The molecule has 0 aliphatic heterocycles. The molecule has 0 saturated carbocycles. The van der Waals surface area contributed by atoms with Crippen LogP contribution in [-0.2, 0) is 11.1 Å². The van der Waals surface area contributed by atoms with Gasteiger partial charge in [-0.2, -0.15) is 0 Å². The number of hydrogen-bond donors (Lipinski definition) is 3. The van der Waals surface area contributed by atoms with Crippen LogP contribution in [0.2, 0.25) is 0 Å². The maximum absolute atomic E-state index is 11.1. The van der Waals surface area contributed by atoms with Gasteiger partial charge in [-0.3, -0.25) is 0 Å². The van der Waals surface area contributed by atoms with Crippen molar-refractivity contribution in [2.24, 2.45) is 11.1 Å². The van der Waals surface area contributed by atoms with Crippen LogP contribution in [0, 0.1) is 5.41 Å². The number of nitrogens with one attached hydrogen (secondary N) is 1. The van der Waals surface area contributed by atoms with Gasteiger partial charge >= 0.3 is 0 Å². The molecule has 0 bridgehead atoms. The lowest BCUT2D eigenvalue weighted by Crippen LogP contribution is -2.55. The summed E-state index contributed by atoms with van der Waals surface area (Å²) in [6.45, 7) is 9.81. The molecule has 0 radical (unpaired) electrons. The summed E-state index contributed by atoms with van der Waals surface area (Å²) in [5.74, 6) is 0. The summed E-state index contributed by atoms with van der Waals surface area (Å²) in [7, 11) is 1.88. The predicted molar refractivity (Wildman–Crippen MR) is 64.9 cm³/mol. The molecule has 2 unspecified atom stereocenters. The second-order valence-electron chi connectivity index (χ2n) is 5.50. The summed E-state index contributed by atoms with van der Waals surface area (Å²) in [5.41, 5.74) is 5.50. The monoisotopic (exact) mass is 236 g/mol. The Morgan fingerprint density at radius 3 is 1.93 bits per heavy atom. The Morgan fingerprint density at radius 2 is 1.67 bits per heavy atom. The normalized spacial score (nSPS) is 19.7. The molecule has 0 aliphatic rings. The lowest BCUT2D eigenvalue weighted by atomic mass is 9.70. The molecule has 15 heavy (non-hydrogen) atoms. The molecule has 0 fully saturated rings. The first-order chi connectivity index (χ1) is 6.46. The predicted octanol–water partition coefficient (Wildman–Crippen LogP) is 1.30. The highest BCUT2D eigenvalue weighted by Crippen LogP contribution is 2.37. The third-order valence-electron chi connectivity index (χ3n) is 3.51. The summed E-state index contributed by atoms with van der Waals surface area (Å²) in [5, 5.41) is 3.21. The Kier molecular flexibility index (Phi) is 4.50. The van der Waals surface area contributed by atoms with Gasteiger partial charge in [0.25, 0.3) is 0 Å². The highest BCUT2D eigenvalue weighted by molar-refractivity contribution is 7.80. The van der Waals surface area contributed by atoms with E-state index in [0.717, 1.165) is 0 Å². The Morgan fingerprint density at radius 1 is 1.27 bits per heavy atom. The van der Waals surface area contributed by atoms with Gasteiger partial charge in [-0.1, -0.05) is 13.8 Å². The minimum atomic E-state index is -2.01. The van der Waals surface area contributed by atoms with Gasteiger partial charge in [0.1, 0.15) is 4.87 Å². The van der Waals surface area contributed by atoms with Crippen molar-refractivity contribution in [3.05, 3.63) is 0 Å². The molecule has 0 aliphatic carbocycles. The van der Waals surface area contributed by atoms with Gasteiger partial charge in [-0.15, -0.1) is 0 Å². The Hall–Kier alpha value is 0.0300. The molecule has 0 rings (SSSR count). The molecule has 0 heterocycles. The van der Waals surface area contributed by atoms with Crippen LogP contribution < -0.4 is 11.1 Å². The van der Waals surface area contributed by atoms with Crippen molar-refractivity contribution < 1.29 is 8.76 Å². The van der Waals surface area contributed by atoms with E-state index in [2.05, 4.69) is 19.2 Å². The van der Waals surface area contributed by atoms with Gasteiger partial charge in [0.15, 0.2) is 11.1 Å². The highest BCUT2D eigenvalue weighted by Gasteiger charge is 2.42. The van der Waals surface area contributed by atoms with Gasteiger partial charge in [-0.05, 0) is 39.7 Å². The topological polar surface area (TPSA) is 75.3 Å². The first-order valence-corrected chi connectivity index (χ1v) is 6.16. The van der Waals surface area contributed by atoms with E-state index in [0.29, 0.717) is 6.42 Å². The molecule has 0 aromatic heterocycles. The quantitative estimate of drug-likeness (QED) is 0.629. The second kappa shape index (κ2) is 4.49. The fourth-order valence-electron chi connectivity index (χ4n) is 1.50. The molecule has 0 amide bonds. The van der Waals surface area contributed by atoms with E-state index >= 15 is 0 Å². The van der Waals surface area contributed by atoms with E-state index in [9.17, 15) is 4.21 Å². The largest absolute Gasteiger partial charge is 0.314 e. The zero-order valence-electron chi connectivity index (χ0n) is 10.5. The lowest BCUT2D eigenvalue weighted by molar-refractivity contribution is 0.135. The zero-order valence-corrected chi connectivity index (χ0v) is 11.4. The fourth-order valence-corrected chi connectivity index (χ4v) is 1.98. The second-order valence-corrected chi connectivity index (χ2v) is 6.93. The molecule has 0 saturated heterocycles. The Bertz CT molecular complexity index is 250. The maximum Gasteiger partial charge on any atom is 0.173 e. The van der Waals surface area contributed by atoms with Crippen LogP contribution in [0.1, 0.15) is 41.0 Å². The number of hydrogen-bond acceptors (Lipinski definition) is 3. The minimum absolute atomic E-state index is 0.146. The molecule has 4 nitrogen and oxygen atoms in total. The molecule has 92 valence electrons. The smallest absolute Gasteiger partial charge is 0.173 e. The van der Waals surface area contributed by atoms with Crippen molar-refractivity contribution >= 4 is 11.1 Å². The van der Waals surface area contributed by atoms with Gasteiger partial charge in [-0.25, -0.2) is 4.21 Å². The summed E-state index contributed by atoms with van der Waals surface area (Å²) in [6, 6.07) is 0. The number of nitrogens with two attached hydrogens (primary N) is 1. The molecule has 4 N–H and O–H groups in total. The molecule has 0 spiro atoms. The third-order valence-corrected chi connectivity index (χ3v) is 4.45. The van der Waals surface area contributed by atoms with Crippen LogP contribution in [0.4, 0.5) is 0 Å². The van der Waals surface area contributed by atoms with Crippen molar-refractivity contribution in [2.45, 2.75) is 51.4 Å². The van der Waals surface area contributed by atoms with Gasteiger partial charge in [0, 0.05) is 5.54 Å². The van der Waals surface area contributed by atoms with Crippen molar-refractivity contribution in [2.75, 3.05) is 7.05 Å².